The van der Waals surface area contributed by atoms with Crippen LogP contribution in [0.4, 0.5) is 15.9 Å². The Morgan fingerprint density at radius 3 is 2.68 bits per heavy atom. The predicted molar refractivity (Wildman–Crippen MR) is 108 cm³/mol. The van der Waals surface area contributed by atoms with Gasteiger partial charge >= 0.3 is 5.69 Å². The van der Waals surface area contributed by atoms with Crippen LogP contribution in [0.15, 0.2) is 54.7 Å². The van der Waals surface area contributed by atoms with Gasteiger partial charge in [0.2, 0.25) is 5.82 Å². The first-order valence-electron chi connectivity index (χ1n) is 9.01. The molecule has 0 atom stereocenters. The fraction of sp³-hybridized carbons (Fsp3) is 0.250. The third kappa shape index (κ3) is 4.02. The zero-order valence-corrected chi connectivity index (χ0v) is 15.9. The third-order valence-electron chi connectivity index (χ3n) is 4.78. The Kier molecular flexibility index (Phi) is 5.31. The van der Waals surface area contributed by atoms with Crippen LogP contribution in [-0.2, 0) is 6.54 Å². The van der Waals surface area contributed by atoms with Crippen molar-refractivity contribution in [3.63, 3.8) is 0 Å². The number of halogens is 1. The topological polar surface area (TPSA) is 62.5 Å². The Hall–Kier alpha value is -2.84. The van der Waals surface area contributed by atoms with Crippen molar-refractivity contribution in [3.05, 3.63) is 75.5 Å². The summed E-state index contributed by atoms with van der Waals surface area (Å²) in [4.78, 5) is 21.6. The molecule has 1 aliphatic heterocycles. The van der Waals surface area contributed by atoms with Gasteiger partial charge in [-0.15, -0.1) is 11.3 Å². The molecule has 0 radical (unpaired) electrons. The molecular formula is C20H19FN4O2S. The summed E-state index contributed by atoms with van der Waals surface area (Å²) in [7, 11) is 0. The van der Waals surface area contributed by atoms with Crippen LogP contribution < -0.4 is 4.90 Å². The highest BCUT2D eigenvalue weighted by molar-refractivity contribution is 7.15. The van der Waals surface area contributed by atoms with Gasteiger partial charge in [-0.1, -0.05) is 12.1 Å². The third-order valence-corrected chi connectivity index (χ3v) is 5.90. The predicted octanol–water partition coefficient (Wildman–Crippen LogP) is 4.18. The molecule has 3 aromatic rings. The van der Waals surface area contributed by atoms with E-state index in [9.17, 15) is 14.5 Å². The van der Waals surface area contributed by atoms with Crippen LogP contribution in [0.25, 0.3) is 10.4 Å². The fourth-order valence-electron chi connectivity index (χ4n) is 3.37. The standard InChI is InChI=1S/C20H19FN4O2S/c21-16-4-1-3-15(13-16)19-7-6-17(28-19)14-23-9-11-24(12-10-23)20-18(25(26)27)5-2-8-22-20/h1-8,13H,9-12,14H2. The van der Waals surface area contributed by atoms with Gasteiger partial charge in [0.15, 0.2) is 0 Å². The minimum absolute atomic E-state index is 0.0499. The Bertz CT molecular complexity index is 986. The SMILES string of the molecule is O=[N+]([O-])c1cccnc1N1CCN(Cc2ccc(-c3cccc(F)c3)s2)CC1. The molecule has 2 aromatic heterocycles. The normalized spacial score (nSPS) is 15.0. The van der Waals surface area contributed by atoms with E-state index in [0.29, 0.717) is 18.9 Å². The van der Waals surface area contributed by atoms with Gasteiger partial charge in [-0.05, 0) is 35.9 Å². The van der Waals surface area contributed by atoms with Crippen LogP contribution in [-0.4, -0.2) is 41.0 Å². The van der Waals surface area contributed by atoms with E-state index >= 15 is 0 Å². The number of hydrogen-bond donors (Lipinski definition) is 0. The number of anilines is 1. The van der Waals surface area contributed by atoms with Crippen molar-refractivity contribution in [2.75, 3.05) is 31.1 Å². The highest BCUT2D eigenvalue weighted by Crippen LogP contribution is 2.30. The summed E-state index contributed by atoms with van der Waals surface area (Å²) >= 11 is 1.67. The smallest absolute Gasteiger partial charge is 0.311 e. The lowest BCUT2D eigenvalue weighted by atomic mass is 10.2. The molecule has 0 amide bonds. The molecule has 1 fully saturated rings. The second kappa shape index (κ2) is 8.04. The van der Waals surface area contributed by atoms with Gasteiger partial charge in [-0.3, -0.25) is 15.0 Å². The number of hydrogen-bond acceptors (Lipinski definition) is 6. The summed E-state index contributed by atoms with van der Waals surface area (Å²) < 4.78 is 13.4. The van der Waals surface area contributed by atoms with Crippen molar-refractivity contribution < 1.29 is 9.31 Å². The summed E-state index contributed by atoms with van der Waals surface area (Å²) in [6.45, 7) is 3.82. The maximum atomic E-state index is 13.4. The number of aromatic nitrogens is 1. The molecule has 8 heteroatoms. The van der Waals surface area contributed by atoms with Gasteiger partial charge in [-0.2, -0.15) is 0 Å². The van der Waals surface area contributed by atoms with Crippen molar-refractivity contribution in [2.24, 2.45) is 0 Å². The number of pyridine rings is 1. The van der Waals surface area contributed by atoms with Crippen LogP contribution in [0.5, 0.6) is 0 Å². The number of benzene rings is 1. The van der Waals surface area contributed by atoms with Crippen LogP contribution >= 0.6 is 11.3 Å². The summed E-state index contributed by atoms with van der Waals surface area (Å²) in [5, 5.41) is 11.2. The van der Waals surface area contributed by atoms with Crippen molar-refractivity contribution in [2.45, 2.75) is 6.54 Å². The number of rotatable bonds is 5. The Morgan fingerprint density at radius 1 is 1.11 bits per heavy atom. The molecule has 1 saturated heterocycles. The molecule has 0 bridgehead atoms. The highest BCUT2D eigenvalue weighted by Gasteiger charge is 2.24. The summed E-state index contributed by atoms with van der Waals surface area (Å²) in [5.74, 6) is 0.212. The quantitative estimate of drug-likeness (QED) is 0.477. The molecule has 3 heterocycles. The monoisotopic (exact) mass is 398 g/mol. The Labute approximate surface area is 166 Å². The van der Waals surface area contributed by atoms with Gasteiger partial charge in [0.05, 0.1) is 4.92 Å². The molecule has 28 heavy (non-hydrogen) atoms. The van der Waals surface area contributed by atoms with Crippen LogP contribution in [0.1, 0.15) is 4.88 Å². The van der Waals surface area contributed by atoms with E-state index in [1.165, 1.54) is 17.0 Å². The van der Waals surface area contributed by atoms with Gasteiger partial charge in [0, 0.05) is 54.7 Å². The molecule has 0 spiro atoms. The van der Waals surface area contributed by atoms with Gasteiger partial charge in [0.25, 0.3) is 0 Å². The van der Waals surface area contributed by atoms with Crippen molar-refractivity contribution in [1.82, 2.24) is 9.88 Å². The molecule has 0 aliphatic carbocycles. The minimum atomic E-state index is -0.381. The van der Waals surface area contributed by atoms with Crippen LogP contribution in [0.3, 0.4) is 0 Å². The number of thiophene rings is 1. The van der Waals surface area contributed by atoms with Crippen LogP contribution in [0.2, 0.25) is 0 Å². The van der Waals surface area contributed by atoms with E-state index in [2.05, 4.69) is 16.0 Å². The van der Waals surface area contributed by atoms with Crippen molar-refractivity contribution >= 4 is 22.8 Å². The van der Waals surface area contributed by atoms with Gasteiger partial charge in [0.1, 0.15) is 5.82 Å². The Balaban J connectivity index is 1.38. The number of nitrogens with zero attached hydrogens (tertiary/aromatic N) is 4. The second-order valence-electron chi connectivity index (χ2n) is 6.64. The summed E-state index contributed by atoms with van der Waals surface area (Å²) in [6.07, 6.45) is 1.59. The number of piperazine rings is 1. The first kappa shape index (κ1) is 18.5. The maximum Gasteiger partial charge on any atom is 0.311 e. The van der Waals surface area contributed by atoms with Crippen LogP contribution in [0, 0.1) is 15.9 Å². The van der Waals surface area contributed by atoms with E-state index in [-0.39, 0.29) is 16.4 Å². The van der Waals surface area contributed by atoms with Crippen molar-refractivity contribution in [1.29, 1.82) is 0 Å². The minimum Gasteiger partial charge on any atom is -0.348 e. The zero-order valence-electron chi connectivity index (χ0n) is 15.1. The van der Waals surface area contributed by atoms with Gasteiger partial charge < -0.3 is 4.90 Å². The fourth-order valence-corrected chi connectivity index (χ4v) is 4.42. The van der Waals surface area contributed by atoms with E-state index < -0.39 is 0 Å². The molecule has 1 aliphatic rings. The lowest BCUT2D eigenvalue weighted by Crippen LogP contribution is -2.46. The lowest BCUT2D eigenvalue weighted by Gasteiger charge is -2.34. The average Bonchev–Trinajstić information content (AvgIpc) is 3.17. The summed E-state index contributed by atoms with van der Waals surface area (Å²) in [5.41, 5.74) is 0.942. The molecule has 0 N–H and O–H groups in total. The van der Waals surface area contributed by atoms with Gasteiger partial charge in [-0.25, -0.2) is 9.37 Å². The van der Waals surface area contributed by atoms with Crippen molar-refractivity contribution in [3.8, 4) is 10.4 Å². The molecule has 1 aromatic carbocycles. The molecular weight excluding hydrogens is 379 g/mol. The van der Waals surface area contributed by atoms with E-state index in [1.54, 1.807) is 35.7 Å². The highest BCUT2D eigenvalue weighted by atomic mass is 32.1. The molecule has 4 rings (SSSR count). The molecule has 6 nitrogen and oxygen atoms in total. The molecule has 0 saturated carbocycles. The van der Waals surface area contributed by atoms with E-state index in [1.807, 2.05) is 17.0 Å². The second-order valence-corrected chi connectivity index (χ2v) is 7.81. The average molecular weight is 398 g/mol. The first-order valence-corrected chi connectivity index (χ1v) is 9.83. The number of nitro groups is 1. The lowest BCUT2D eigenvalue weighted by molar-refractivity contribution is -0.384. The zero-order chi connectivity index (χ0) is 19.5. The molecule has 144 valence electrons. The Morgan fingerprint density at radius 2 is 1.93 bits per heavy atom. The molecule has 0 unspecified atom stereocenters. The first-order chi connectivity index (χ1) is 13.6. The van der Waals surface area contributed by atoms with E-state index in [0.717, 1.165) is 30.1 Å². The largest absolute Gasteiger partial charge is 0.348 e. The summed E-state index contributed by atoms with van der Waals surface area (Å²) in [6, 6.07) is 13.8. The van der Waals surface area contributed by atoms with E-state index in [4.69, 9.17) is 0 Å². The maximum absolute atomic E-state index is 13.4.